The van der Waals surface area contributed by atoms with Gasteiger partial charge in [-0.15, -0.1) is 11.3 Å². The van der Waals surface area contributed by atoms with Crippen LogP contribution < -0.4 is 5.32 Å². The first kappa shape index (κ1) is 13.5. The highest BCUT2D eigenvalue weighted by atomic mass is 32.1. The quantitative estimate of drug-likeness (QED) is 0.858. The molecule has 2 rings (SSSR count). The molecule has 100 valence electrons. The maximum absolute atomic E-state index is 11.9. The van der Waals surface area contributed by atoms with Crippen LogP contribution in [-0.2, 0) is 11.2 Å². The van der Waals surface area contributed by atoms with Gasteiger partial charge in [-0.05, 0) is 38.0 Å². The third-order valence-electron chi connectivity index (χ3n) is 3.63. The zero-order chi connectivity index (χ0) is 13.1. The Bertz CT molecular complexity index is 412. The number of hydrogen-bond acceptors (Lipinski definition) is 3. The van der Waals surface area contributed by atoms with E-state index in [4.69, 9.17) is 0 Å². The number of carbonyl (C=O) groups excluding carboxylic acids is 1. The molecule has 1 aromatic rings. The first-order valence-corrected chi connectivity index (χ1v) is 7.71. The number of aromatic nitrogens is 1. The van der Waals surface area contributed by atoms with Crippen molar-refractivity contribution in [1.82, 2.24) is 10.3 Å². The van der Waals surface area contributed by atoms with Crippen LogP contribution >= 0.6 is 11.3 Å². The molecule has 3 nitrogen and oxygen atoms in total. The predicted octanol–water partition coefficient (Wildman–Crippen LogP) is 3.32. The van der Waals surface area contributed by atoms with Crippen LogP contribution in [0.3, 0.4) is 0 Å². The smallest absolute Gasteiger partial charge is 0.220 e. The Balaban J connectivity index is 1.82. The second kappa shape index (κ2) is 5.83. The molecule has 1 aliphatic rings. The van der Waals surface area contributed by atoms with Gasteiger partial charge in [0.25, 0.3) is 0 Å². The van der Waals surface area contributed by atoms with Gasteiger partial charge in [0, 0.05) is 11.8 Å². The van der Waals surface area contributed by atoms with Crippen molar-refractivity contribution in [2.24, 2.45) is 11.8 Å². The Hall–Kier alpha value is -0.900. The number of rotatable bonds is 6. The molecule has 0 aliphatic heterocycles. The summed E-state index contributed by atoms with van der Waals surface area (Å²) in [6, 6.07) is 0.0282. The van der Waals surface area contributed by atoms with E-state index in [1.165, 1.54) is 12.8 Å². The lowest BCUT2D eigenvalue weighted by atomic mass is 10.0. The normalized spacial score (nSPS) is 18.4. The van der Waals surface area contributed by atoms with Crippen LogP contribution in [0, 0.1) is 11.8 Å². The van der Waals surface area contributed by atoms with E-state index in [1.54, 1.807) is 11.3 Å². The van der Waals surface area contributed by atoms with E-state index >= 15 is 0 Å². The molecule has 2 atom stereocenters. The summed E-state index contributed by atoms with van der Waals surface area (Å²) < 4.78 is 0. The van der Waals surface area contributed by atoms with Crippen molar-refractivity contribution in [3.8, 4) is 0 Å². The Labute approximate surface area is 113 Å². The largest absolute Gasteiger partial charge is 0.348 e. The molecule has 0 bridgehead atoms. The molecule has 2 unspecified atom stereocenters. The van der Waals surface area contributed by atoms with Crippen LogP contribution in [0.2, 0.25) is 0 Å². The van der Waals surface area contributed by atoms with Crippen LogP contribution in [0.4, 0.5) is 0 Å². The fourth-order valence-corrected chi connectivity index (χ4v) is 3.02. The van der Waals surface area contributed by atoms with Gasteiger partial charge in [-0.25, -0.2) is 4.98 Å². The molecule has 1 heterocycles. The topological polar surface area (TPSA) is 42.0 Å². The summed E-state index contributed by atoms with van der Waals surface area (Å²) in [7, 11) is 0. The van der Waals surface area contributed by atoms with Gasteiger partial charge >= 0.3 is 0 Å². The van der Waals surface area contributed by atoms with Crippen LogP contribution in [-0.4, -0.2) is 10.9 Å². The van der Waals surface area contributed by atoms with Gasteiger partial charge in [-0.2, -0.15) is 0 Å². The summed E-state index contributed by atoms with van der Waals surface area (Å²) in [6.45, 7) is 6.29. The van der Waals surface area contributed by atoms with Gasteiger partial charge in [0.1, 0.15) is 0 Å². The Morgan fingerprint density at radius 1 is 1.56 bits per heavy atom. The van der Waals surface area contributed by atoms with Gasteiger partial charge in [0.05, 0.1) is 16.7 Å². The van der Waals surface area contributed by atoms with E-state index in [1.807, 2.05) is 12.3 Å². The highest BCUT2D eigenvalue weighted by Gasteiger charge is 2.29. The highest BCUT2D eigenvalue weighted by molar-refractivity contribution is 7.09. The third kappa shape index (κ3) is 3.55. The zero-order valence-electron chi connectivity index (χ0n) is 11.4. The highest BCUT2D eigenvalue weighted by Crippen LogP contribution is 2.38. The van der Waals surface area contributed by atoms with Crippen molar-refractivity contribution in [2.45, 2.75) is 52.5 Å². The van der Waals surface area contributed by atoms with E-state index < -0.39 is 0 Å². The van der Waals surface area contributed by atoms with Crippen molar-refractivity contribution in [1.29, 1.82) is 0 Å². The van der Waals surface area contributed by atoms with Crippen LogP contribution in [0.5, 0.6) is 0 Å². The Kier molecular flexibility index (Phi) is 4.38. The van der Waals surface area contributed by atoms with Crippen LogP contribution in [0.1, 0.15) is 56.8 Å². The summed E-state index contributed by atoms with van der Waals surface area (Å²) in [5.41, 5.74) is 0.990. The average Bonchev–Trinajstić information content (AvgIpc) is 3.06. The summed E-state index contributed by atoms with van der Waals surface area (Å²) in [5.74, 6) is 1.48. The second-order valence-electron chi connectivity index (χ2n) is 5.33. The minimum Gasteiger partial charge on any atom is -0.348 e. The molecule has 4 heteroatoms. The lowest BCUT2D eigenvalue weighted by Gasteiger charge is -2.14. The SMILES string of the molecule is CCc1nc(C(C)NC(=O)CC(C)C2CC2)cs1. The van der Waals surface area contributed by atoms with Crippen LogP contribution in [0.25, 0.3) is 0 Å². The number of nitrogens with zero attached hydrogens (tertiary/aromatic N) is 1. The average molecular weight is 266 g/mol. The molecule has 1 amide bonds. The van der Waals surface area contributed by atoms with Crippen LogP contribution in [0.15, 0.2) is 5.38 Å². The lowest BCUT2D eigenvalue weighted by Crippen LogP contribution is -2.28. The lowest BCUT2D eigenvalue weighted by molar-refractivity contribution is -0.122. The second-order valence-corrected chi connectivity index (χ2v) is 6.27. The standard InChI is InChI=1S/C14H22N2OS/c1-4-14-16-12(8-18-14)10(3)15-13(17)7-9(2)11-5-6-11/h8-11H,4-7H2,1-3H3,(H,15,17). The van der Waals surface area contributed by atoms with E-state index in [2.05, 4.69) is 24.1 Å². The van der Waals surface area contributed by atoms with Crippen molar-refractivity contribution >= 4 is 17.2 Å². The molecule has 1 fully saturated rings. The van der Waals surface area contributed by atoms with E-state index in [0.717, 1.165) is 23.0 Å². The van der Waals surface area contributed by atoms with Crippen molar-refractivity contribution in [3.05, 3.63) is 16.1 Å². The summed E-state index contributed by atoms with van der Waals surface area (Å²) >= 11 is 1.67. The molecule has 1 saturated carbocycles. The predicted molar refractivity (Wildman–Crippen MR) is 74.6 cm³/mol. The summed E-state index contributed by atoms with van der Waals surface area (Å²) in [5, 5.41) is 6.24. The van der Waals surface area contributed by atoms with E-state index in [-0.39, 0.29) is 11.9 Å². The van der Waals surface area contributed by atoms with Gasteiger partial charge in [-0.3, -0.25) is 4.79 Å². The molecule has 0 saturated heterocycles. The summed E-state index contributed by atoms with van der Waals surface area (Å²) in [4.78, 5) is 16.4. The number of carbonyl (C=O) groups is 1. The number of amides is 1. The molecule has 18 heavy (non-hydrogen) atoms. The first-order chi connectivity index (χ1) is 8.60. The molecule has 0 aromatic carbocycles. The maximum atomic E-state index is 11.9. The number of hydrogen-bond donors (Lipinski definition) is 1. The molecular weight excluding hydrogens is 244 g/mol. The van der Waals surface area contributed by atoms with E-state index in [0.29, 0.717) is 12.3 Å². The minimum absolute atomic E-state index is 0.0282. The van der Waals surface area contributed by atoms with Gasteiger partial charge in [0.2, 0.25) is 5.91 Å². The van der Waals surface area contributed by atoms with Gasteiger partial charge in [-0.1, -0.05) is 13.8 Å². The van der Waals surface area contributed by atoms with Crippen molar-refractivity contribution in [2.75, 3.05) is 0 Å². The zero-order valence-corrected chi connectivity index (χ0v) is 12.2. The van der Waals surface area contributed by atoms with Crippen molar-refractivity contribution < 1.29 is 4.79 Å². The molecule has 0 radical (unpaired) electrons. The monoisotopic (exact) mass is 266 g/mol. The fraction of sp³-hybridized carbons (Fsp3) is 0.714. The Morgan fingerprint density at radius 3 is 2.83 bits per heavy atom. The first-order valence-electron chi connectivity index (χ1n) is 6.83. The number of thiazole rings is 1. The minimum atomic E-state index is 0.0282. The molecule has 1 aliphatic carbocycles. The van der Waals surface area contributed by atoms with Gasteiger partial charge < -0.3 is 5.32 Å². The molecule has 1 aromatic heterocycles. The molecule has 1 N–H and O–H groups in total. The third-order valence-corrected chi connectivity index (χ3v) is 4.64. The molecule has 0 spiro atoms. The summed E-state index contributed by atoms with van der Waals surface area (Å²) in [6.07, 6.45) is 4.22. The van der Waals surface area contributed by atoms with Gasteiger partial charge in [0.15, 0.2) is 0 Å². The number of aryl methyl sites for hydroxylation is 1. The van der Waals surface area contributed by atoms with Crippen molar-refractivity contribution in [3.63, 3.8) is 0 Å². The molecular formula is C14H22N2OS. The number of nitrogens with one attached hydrogen (secondary N) is 1. The fourth-order valence-electron chi connectivity index (χ4n) is 2.19. The van der Waals surface area contributed by atoms with E-state index in [9.17, 15) is 4.79 Å². The maximum Gasteiger partial charge on any atom is 0.220 e. The Morgan fingerprint density at radius 2 is 2.28 bits per heavy atom.